The number of halogens is 3. The normalized spacial score (nSPS) is 18.4. The molecule has 2 unspecified atom stereocenters. The number of hydrogen-bond acceptors (Lipinski definition) is 6. The van der Waals surface area contributed by atoms with Crippen molar-refractivity contribution in [3.63, 3.8) is 0 Å². The Hall–Kier alpha value is -3.20. The van der Waals surface area contributed by atoms with Gasteiger partial charge in [0, 0.05) is 23.9 Å². The summed E-state index contributed by atoms with van der Waals surface area (Å²) in [6.07, 6.45) is -1.36. The maximum absolute atomic E-state index is 13.2. The molecule has 3 amide bonds. The zero-order valence-electron chi connectivity index (χ0n) is 20.5. The van der Waals surface area contributed by atoms with Gasteiger partial charge < -0.3 is 15.4 Å². The van der Waals surface area contributed by atoms with Crippen molar-refractivity contribution in [2.45, 2.75) is 63.6 Å². The molecule has 2 aromatic rings. The molecule has 2 aromatic heterocycles. The SMILES string of the molecule is Cc1c(C(C)C)nc2c(c1NC(=O)N=S(N)(=O)c1cnn3c1OCC(CNC(=O)C(F)(F)F)C3)CCC2. The summed E-state index contributed by atoms with van der Waals surface area (Å²) in [5, 5.41) is 14.5. The Bertz CT molecular complexity index is 1360. The molecule has 0 spiro atoms. The van der Waals surface area contributed by atoms with Crippen molar-refractivity contribution < 1.29 is 31.7 Å². The molecule has 2 atom stereocenters. The Labute approximate surface area is 211 Å². The second-order valence-electron chi connectivity index (χ2n) is 9.40. The molecular weight excluding hydrogens is 515 g/mol. The van der Waals surface area contributed by atoms with Crippen LogP contribution in [0, 0.1) is 12.8 Å². The standard InChI is InChI=1S/C22H28F3N7O4S/c1-11(2)17-12(3)18(14-5-4-6-15(14)29-17)30-21(34)31-37(26,35)16-8-28-32-9-13(10-36-19(16)32)7-27-20(33)22(23,24)25/h8,11,13H,4-7,9-10H2,1-3H3,(H,27,33)(H3,26,29,30,31,34,35). The van der Waals surface area contributed by atoms with Crippen LogP contribution in [-0.2, 0) is 34.1 Å². The zero-order chi connectivity index (χ0) is 27.1. The topological polar surface area (TPSA) is 154 Å². The van der Waals surface area contributed by atoms with Gasteiger partial charge in [-0.3, -0.25) is 9.78 Å². The van der Waals surface area contributed by atoms with Gasteiger partial charge in [0.25, 0.3) is 0 Å². The fourth-order valence-electron chi connectivity index (χ4n) is 4.53. The molecule has 3 heterocycles. The highest BCUT2D eigenvalue weighted by atomic mass is 32.2. The molecule has 202 valence electrons. The summed E-state index contributed by atoms with van der Waals surface area (Å²) in [6, 6.07) is -0.894. The zero-order valence-corrected chi connectivity index (χ0v) is 21.3. The van der Waals surface area contributed by atoms with Crippen LogP contribution >= 0.6 is 0 Å². The molecule has 1 aliphatic heterocycles. The van der Waals surface area contributed by atoms with Crippen molar-refractivity contribution in [2.24, 2.45) is 15.4 Å². The minimum absolute atomic E-state index is 0.00512. The highest BCUT2D eigenvalue weighted by Gasteiger charge is 2.39. The van der Waals surface area contributed by atoms with Gasteiger partial charge in [-0.15, -0.1) is 4.36 Å². The molecule has 11 nitrogen and oxygen atoms in total. The van der Waals surface area contributed by atoms with Crippen LogP contribution in [-0.4, -0.2) is 50.2 Å². The average molecular weight is 544 g/mol. The van der Waals surface area contributed by atoms with Crippen LogP contribution in [0.1, 0.15) is 48.7 Å². The predicted molar refractivity (Wildman–Crippen MR) is 127 cm³/mol. The molecule has 1 aliphatic carbocycles. The number of carbonyl (C=O) groups is 2. The second-order valence-corrected chi connectivity index (χ2v) is 11.2. The van der Waals surface area contributed by atoms with Crippen molar-refractivity contribution in [3.05, 3.63) is 28.7 Å². The van der Waals surface area contributed by atoms with E-state index in [4.69, 9.17) is 14.9 Å². The summed E-state index contributed by atoms with van der Waals surface area (Å²) in [4.78, 5) is 28.5. The lowest BCUT2D eigenvalue weighted by molar-refractivity contribution is -0.173. The number of carbonyl (C=O) groups excluding carboxylic acids is 2. The third kappa shape index (κ3) is 5.56. The lowest BCUT2D eigenvalue weighted by Gasteiger charge is -2.25. The number of pyridine rings is 1. The molecule has 0 fully saturated rings. The van der Waals surface area contributed by atoms with E-state index in [-0.39, 0.29) is 36.4 Å². The number of anilines is 1. The first kappa shape index (κ1) is 26.9. The second kappa shape index (κ2) is 9.93. The smallest absolute Gasteiger partial charge is 0.471 e. The van der Waals surface area contributed by atoms with E-state index in [1.165, 1.54) is 4.68 Å². The van der Waals surface area contributed by atoms with Gasteiger partial charge in [0.1, 0.15) is 4.90 Å². The minimum Gasteiger partial charge on any atom is -0.476 e. The van der Waals surface area contributed by atoms with Crippen LogP contribution in [0.5, 0.6) is 5.88 Å². The molecule has 15 heteroatoms. The van der Waals surface area contributed by atoms with E-state index in [2.05, 4.69) is 14.8 Å². The summed E-state index contributed by atoms with van der Waals surface area (Å²) in [7, 11) is -3.77. The molecule has 0 saturated carbocycles. The van der Waals surface area contributed by atoms with E-state index in [0.717, 1.165) is 48.0 Å². The molecule has 2 aliphatic rings. The largest absolute Gasteiger partial charge is 0.476 e. The number of rotatable bonds is 5. The number of fused-ring (bicyclic) bond motifs is 2. The van der Waals surface area contributed by atoms with E-state index in [0.29, 0.717) is 5.69 Å². The lowest BCUT2D eigenvalue weighted by atomic mass is 9.99. The Morgan fingerprint density at radius 1 is 1.35 bits per heavy atom. The van der Waals surface area contributed by atoms with Crippen LogP contribution < -0.4 is 20.5 Å². The number of aromatic nitrogens is 3. The van der Waals surface area contributed by atoms with Gasteiger partial charge in [0.2, 0.25) is 5.88 Å². The third-order valence-corrected chi connectivity index (χ3v) is 7.62. The van der Waals surface area contributed by atoms with Crippen LogP contribution in [0.15, 0.2) is 15.5 Å². The number of nitrogens with one attached hydrogen (secondary N) is 2. The number of aryl methyl sites for hydroxylation is 1. The minimum atomic E-state index is -4.99. The monoisotopic (exact) mass is 543 g/mol. The fourth-order valence-corrected chi connectivity index (χ4v) is 5.53. The Morgan fingerprint density at radius 3 is 2.76 bits per heavy atom. The number of nitrogens with zero attached hydrogens (tertiary/aromatic N) is 4. The Kier molecular flexibility index (Phi) is 7.21. The number of urea groups is 1. The summed E-state index contributed by atoms with van der Waals surface area (Å²) in [5.41, 5.74) is 4.15. The highest BCUT2D eigenvalue weighted by Crippen LogP contribution is 2.35. The summed E-state index contributed by atoms with van der Waals surface area (Å²) in [6.45, 7) is 5.58. The molecule has 4 N–H and O–H groups in total. The van der Waals surface area contributed by atoms with Gasteiger partial charge in [0.05, 0.1) is 25.0 Å². The summed E-state index contributed by atoms with van der Waals surface area (Å²) < 4.78 is 61.0. The van der Waals surface area contributed by atoms with Gasteiger partial charge in [-0.25, -0.2) is 18.8 Å². The number of amides is 3. The predicted octanol–water partition coefficient (Wildman–Crippen LogP) is 2.82. The van der Waals surface area contributed by atoms with Crippen LogP contribution in [0.4, 0.5) is 23.7 Å². The quantitative estimate of drug-likeness (QED) is 0.527. The van der Waals surface area contributed by atoms with Crippen molar-refractivity contribution in [2.75, 3.05) is 18.5 Å². The molecule has 0 aromatic carbocycles. The molecule has 4 rings (SSSR count). The number of nitrogens with two attached hydrogens (primary N) is 1. The Morgan fingerprint density at radius 2 is 2.08 bits per heavy atom. The van der Waals surface area contributed by atoms with Gasteiger partial charge in [0.15, 0.2) is 9.92 Å². The van der Waals surface area contributed by atoms with E-state index < -0.39 is 33.9 Å². The van der Waals surface area contributed by atoms with Crippen molar-refractivity contribution in [1.82, 2.24) is 20.1 Å². The molecule has 37 heavy (non-hydrogen) atoms. The van der Waals surface area contributed by atoms with Crippen molar-refractivity contribution in [3.8, 4) is 5.88 Å². The van der Waals surface area contributed by atoms with Gasteiger partial charge in [-0.05, 0) is 43.2 Å². The third-order valence-electron chi connectivity index (χ3n) is 6.27. The van der Waals surface area contributed by atoms with Crippen LogP contribution in [0.25, 0.3) is 0 Å². The fraction of sp³-hybridized carbons (Fsp3) is 0.545. The lowest BCUT2D eigenvalue weighted by Crippen LogP contribution is -2.42. The van der Waals surface area contributed by atoms with Gasteiger partial charge >= 0.3 is 18.1 Å². The summed E-state index contributed by atoms with van der Waals surface area (Å²) in [5.74, 6) is -2.43. The molecule has 0 radical (unpaired) electrons. The summed E-state index contributed by atoms with van der Waals surface area (Å²) >= 11 is 0. The number of hydrogen-bond donors (Lipinski definition) is 3. The highest BCUT2D eigenvalue weighted by molar-refractivity contribution is 7.91. The van der Waals surface area contributed by atoms with E-state index in [1.54, 1.807) is 5.32 Å². The maximum Gasteiger partial charge on any atom is 0.471 e. The van der Waals surface area contributed by atoms with Crippen LogP contribution in [0.3, 0.4) is 0 Å². The first-order valence-corrected chi connectivity index (χ1v) is 13.3. The van der Waals surface area contributed by atoms with Gasteiger partial charge in [-0.1, -0.05) is 13.8 Å². The molecular formula is C22H28F3N7O4S. The van der Waals surface area contributed by atoms with Crippen molar-refractivity contribution in [1.29, 1.82) is 0 Å². The molecule has 0 bridgehead atoms. The number of alkyl halides is 3. The van der Waals surface area contributed by atoms with Crippen molar-refractivity contribution >= 4 is 27.5 Å². The van der Waals surface area contributed by atoms with Gasteiger partial charge in [-0.2, -0.15) is 18.3 Å². The molecule has 0 saturated heterocycles. The number of ether oxygens (including phenoxy) is 1. The maximum atomic E-state index is 13.2. The van der Waals surface area contributed by atoms with E-state index in [9.17, 15) is 27.0 Å². The first-order chi connectivity index (χ1) is 17.3. The first-order valence-electron chi connectivity index (χ1n) is 11.7. The van der Waals surface area contributed by atoms with Crippen LogP contribution in [0.2, 0.25) is 0 Å². The Balaban J connectivity index is 1.52. The van der Waals surface area contributed by atoms with E-state index >= 15 is 0 Å². The van der Waals surface area contributed by atoms with E-state index in [1.807, 2.05) is 20.8 Å². The average Bonchev–Trinajstić information content (AvgIpc) is 3.44.